The van der Waals surface area contributed by atoms with Crippen LogP contribution in [0.3, 0.4) is 0 Å². The Bertz CT molecular complexity index is 763. The first-order valence-electron chi connectivity index (χ1n) is 9.77. The summed E-state index contributed by atoms with van der Waals surface area (Å²) < 4.78 is 16.7. The van der Waals surface area contributed by atoms with Gasteiger partial charge in [0.15, 0.2) is 17.3 Å². The maximum Gasteiger partial charge on any atom is 0.229 e. The number of benzene rings is 1. The van der Waals surface area contributed by atoms with Gasteiger partial charge in [-0.05, 0) is 62.4 Å². The van der Waals surface area contributed by atoms with Crippen molar-refractivity contribution in [3.63, 3.8) is 0 Å². The van der Waals surface area contributed by atoms with Crippen LogP contribution in [-0.4, -0.2) is 41.3 Å². The Balaban J connectivity index is 1.13. The average molecular weight is 355 g/mol. The van der Waals surface area contributed by atoms with Gasteiger partial charge in [-0.2, -0.15) is 4.98 Å². The van der Waals surface area contributed by atoms with E-state index < -0.39 is 0 Å². The smallest absolute Gasteiger partial charge is 0.229 e. The summed E-state index contributed by atoms with van der Waals surface area (Å²) in [6.45, 7) is 4.49. The molecular formula is C20H25N3O3. The third-order valence-corrected chi connectivity index (χ3v) is 5.60. The summed E-state index contributed by atoms with van der Waals surface area (Å²) in [4.78, 5) is 7.10. The largest absolute Gasteiger partial charge is 0.486 e. The lowest BCUT2D eigenvalue weighted by molar-refractivity contribution is 0.167. The SMILES string of the molecule is c1cc2c(cc1CN1CCC(Cc3noc(C4CC4)n3)CC1)OCCO2. The zero-order valence-corrected chi connectivity index (χ0v) is 15.0. The molecule has 3 aliphatic rings. The van der Waals surface area contributed by atoms with E-state index in [-0.39, 0.29) is 0 Å². The molecule has 2 aromatic rings. The van der Waals surface area contributed by atoms with Crippen LogP contribution in [-0.2, 0) is 13.0 Å². The predicted octanol–water partition coefficient (Wildman–Crippen LogP) is 3.17. The van der Waals surface area contributed by atoms with Crippen molar-refractivity contribution in [2.45, 2.75) is 44.6 Å². The fourth-order valence-corrected chi connectivity index (χ4v) is 3.90. The quantitative estimate of drug-likeness (QED) is 0.821. The topological polar surface area (TPSA) is 60.6 Å². The Morgan fingerprint density at radius 2 is 1.81 bits per heavy atom. The molecule has 0 spiro atoms. The van der Waals surface area contributed by atoms with Crippen molar-refractivity contribution in [3.8, 4) is 11.5 Å². The highest BCUT2D eigenvalue weighted by molar-refractivity contribution is 5.43. The van der Waals surface area contributed by atoms with Crippen LogP contribution in [0, 0.1) is 5.92 Å². The van der Waals surface area contributed by atoms with Crippen molar-refractivity contribution in [2.24, 2.45) is 5.92 Å². The molecule has 1 aliphatic carbocycles. The third-order valence-electron chi connectivity index (χ3n) is 5.60. The normalized spacial score (nSPS) is 21.1. The lowest BCUT2D eigenvalue weighted by atomic mass is 9.93. The Morgan fingerprint density at radius 3 is 2.62 bits per heavy atom. The molecule has 5 rings (SSSR count). The van der Waals surface area contributed by atoms with Crippen LogP contribution in [0.25, 0.3) is 0 Å². The average Bonchev–Trinajstić information content (AvgIpc) is 3.43. The Kier molecular flexibility index (Phi) is 4.28. The minimum atomic E-state index is 0.545. The van der Waals surface area contributed by atoms with E-state index in [2.05, 4.69) is 27.2 Å². The van der Waals surface area contributed by atoms with Crippen molar-refractivity contribution >= 4 is 0 Å². The Morgan fingerprint density at radius 1 is 1.00 bits per heavy atom. The Hall–Kier alpha value is -2.08. The van der Waals surface area contributed by atoms with Gasteiger partial charge in [0.1, 0.15) is 13.2 Å². The highest BCUT2D eigenvalue weighted by Gasteiger charge is 2.30. The second kappa shape index (κ2) is 6.91. The molecule has 138 valence electrons. The number of nitrogens with zero attached hydrogens (tertiary/aromatic N) is 3. The van der Waals surface area contributed by atoms with Crippen molar-refractivity contribution in [1.29, 1.82) is 0 Å². The van der Waals surface area contributed by atoms with Crippen LogP contribution in [0.5, 0.6) is 11.5 Å². The molecule has 6 nitrogen and oxygen atoms in total. The molecule has 0 N–H and O–H groups in total. The van der Waals surface area contributed by atoms with Gasteiger partial charge in [0.2, 0.25) is 5.89 Å². The maximum atomic E-state index is 5.69. The van der Waals surface area contributed by atoms with Gasteiger partial charge in [0.05, 0.1) is 0 Å². The van der Waals surface area contributed by atoms with Crippen molar-refractivity contribution in [1.82, 2.24) is 15.0 Å². The van der Waals surface area contributed by atoms with Crippen LogP contribution in [0.15, 0.2) is 22.7 Å². The summed E-state index contributed by atoms with van der Waals surface area (Å²) in [5.74, 6) is 4.71. The number of rotatable bonds is 5. The van der Waals surface area contributed by atoms with Gasteiger partial charge in [-0.25, -0.2) is 0 Å². The fraction of sp³-hybridized carbons (Fsp3) is 0.600. The lowest BCUT2D eigenvalue weighted by Gasteiger charge is -2.31. The number of hydrogen-bond acceptors (Lipinski definition) is 6. The summed E-state index contributed by atoms with van der Waals surface area (Å²) in [5, 5.41) is 4.17. The zero-order chi connectivity index (χ0) is 17.3. The van der Waals surface area contributed by atoms with Crippen LogP contribution in [0.2, 0.25) is 0 Å². The van der Waals surface area contributed by atoms with E-state index >= 15 is 0 Å². The fourth-order valence-electron chi connectivity index (χ4n) is 3.90. The van der Waals surface area contributed by atoms with E-state index in [4.69, 9.17) is 14.0 Å². The summed E-state index contributed by atoms with van der Waals surface area (Å²) in [7, 11) is 0. The molecule has 3 heterocycles. The van der Waals surface area contributed by atoms with Crippen LogP contribution in [0.4, 0.5) is 0 Å². The van der Waals surface area contributed by atoms with E-state index in [1.807, 2.05) is 6.07 Å². The second-order valence-corrected chi connectivity index (χ2v) is 7.72. The summed E-state index contributed by atoms with van der Waals surface area (Å²) >= 11 is 0. The number of likely N-dealkylation sites (tertiary alicyclic amines) is 1. The molecule has 0 bridgehead atoms. The lowest BCUT2D eigenvalue weighted by Crippen LogP contribution is -2.34. The number of fused-ring (bicyclic) bond motifs is 1. The number of piperidine rings is 1. The second-order valence-electron chi connectivity index (χ2n) is 7.72. The molecule has 1 aromatic carbocycles. The van der Waals surface area contributed by atoms with Crippen molar-refractivity contribution in [2.75, 3.05) is 26.3 Å². The zero-order valence-electron chi connectivity index (χ0n) is 15.0. The first-order chi connectivity index (χ1) is 12.8. The molecule has 1 saturated carbocycles. The molecule has 26 heavy (non-hydrogen) atoms. The van der Waals surface area contributed by atoms with Crippen LogP contribution >= 0.6 is 0 Å². The van der Waals surface area contributed by atoms with Gasteiger partial charge >= 0.3 is 0 Å². The van der Waals surface area contributed by atoms with E-state index in [1.165, 1.54) is 31.2 Å². The molecule has 2 aliphatic heterocycles. The number of aromatic nitrogens is 2. The molecule has 0 amide bonds. The van der Waals surface area contributed by atoms with Gasteiger partial charge in [-0.15, -0.1) is 0 Å². The highest BCUT2D eigenvalue weighted by atomic mass is 16.6. The highest BCUT2D eigenvalue weighted by Crippen LogP contribution is 2.39. The first kappa shape index (κ1) is 16.1. The maximum absolute atomic E-state index is 5.69. The van der Waals surface area contributed by atoms with Gasteiger partial charge in [-0.3, -0.25) is 4.90 Å². The number of ether oxygens (including phenoxy) is 2. The van der Waals surface area contributed by atoms with Gasteiger partial charge in [0, 0.05) is 18.9 Å². The Labute approximate surface area is 153 Å². The molecule has 1 saturated heterocycles. The summed E-state index contributed by atoms with van der Waals surface area (Å²) in [6, 6.07) is 6.31. The minimum Gasteiger partial charge on any atom is -0.486 e. The van der Waals surface area contributed by atoms with E-state index in [9.17, 15) is 0 Å². The molecule has 1 aromatic heterocycles. The molecular weight excluding hydrogens is 330 g/mol. The van der Waals surface area contributed by atoms with Gasteiger partial charge in [0.25, 0.3) is 0 Å². The predicted molar refractivity (Wildman–Crippen MR) is 95.4 cm³/mol. The van der Waals surface area contributed by atoms with Gasteiger partial charge in [-0.1, -0.05) is 11.2 Å². The van der Waals surface area contributed by atoms with Crippen LogP contribution in [0.1, 0.15) is 48.9 Å². The summed E-state index contributed by atoms with van der Waals surface area (Å²) in [5.41, 5.74) is 1.29. The third kappa shape index (κ3) is 3.56. The van der Waals surface area contributed by atoms with E-state index in [0.29, 0.717) is 25.0 Å². The molecule has 2 fully saturated rings. The van der Waals surface area contributed by atoms with Crippen molar-refractivity contribution in [3.05, 3.63) is 35.5 Å². The van der Waals surface area contributed by atoms with Crippen molar-refractivity contribution < 1.29 is 14.0 Å². The number of hydrogen-bond donors (Lipinski definition) is 0. The van der Waals surface area contributed by atoms with Gasteiger partial charge < -0.3 is 14.0 Å². The molecule has 6 heteroatoms. The first-order valence-corrected chi connectivity index (χ1v) is 9.77. The van der Waals surface area contributed by atoms with Crippen LogP contribution < -0.4 is 9.47 Å². The molecule has 0 atom stereocenters. The molecule has 0 unspecified atom stereocenters. The summed E-state index contributed by atoms with van der Waals surface area (Å²) in [6.07, 6.45) is 5.75. The standard InChI is InChI=1S/C20H25N3O3/c1-4-17-18(25-10-9-24-17)11-15(1)13-23-7-5-14(6-8-23)12-19-21-20(26-22-19)16-2-3-16/h1,4,11,14,16H,2-3,5-10,12-13H2. The van der Waals surface area contributed by atoms with E-state index in [1.54, 1.807) is 0 Å². The molecule has 0 radical (unpaired) electrons. The minimum absolute atomic E-state index is 0.545. The van der Waals surface area contributed by atoms with E-state index in [0.717, 1.165) is 49.3 Å². The monoisotopic (exact) mass is 355 g/mol.